The lowest BCUT2D eigenvalue weighted by Gasteiger charge is -2.04. The summed E-state index contributed by atoms with van der Waals surface area (Å²) in [5, 5.41) is 6.92. The Morgan fingerprint density at radius 2 is 1.91 bits per heavy atom. The van der Waals surface area contributed by atoms with Crippen molar-refractivity contribution in [2.75, 3.05) is 13.1 Å². The van der Waals surface area contributed by atoms with Crippen LogP contribution in [0, 0.1) is 0 Å². The minimum absolute atomic E-state index is 0.158. The third kappa shape index (κ3) is 3.70. The fourth-order valence-electron chi connectivity index (χ4n) is 2.00. The van der Waals surface area contributed by atoms with Gasteiger partial charge in [-0.25, -0.2) is 4.68 Å². The van der Waals surface area contributed by atoms with E-state index in [9.17, 15) is 9.59 Å². The van der Waals surface area contributed by atoms with Crippen LogP contribution in [-0.2, 0) is 0 Å². The van der Waals surface area contributed by atoms with Crippen LogP contribution in [-0.4, -0.2) is 34.7 Å². The van der Waals surface area contributed by atoms with Crippen LogP contribution in [0.3, 0.4) is 0 Å². The Balaban J connectivity index is 2.20. The smallest absolute Gasteiger partial charge is 0.271 e. The molecule has 0 fully saturated rings. The van der Waals surface area contributed by atoms with E-state index in [0.717, 1.165) is 12.8 Å². The van der Waals surface area contributed by atoms with Crippen LogP contribution >= 0.6 is 0 Å². The summed E-state index contributed by atoms with van der Waals surface area (Å²) in [5.41, 5.74) is 11.7. The molecule has 0 bridgehead atoms. The van der Waals surface area contributed by atoms with E-state index in [1.807, 2.05) is 18.2 Å². The van der Waals surface area contributed by atoms with E-state index in [0.29, 0.717) is 18.8 Å². The van der Waals surface area contributed by atoms with E-state index in [-0.39, 0.29) is 17.3 Å². The Bertz CT molecular complexity index is 651. The number of primary amides is 1. The molecule has 0 radical (unpaired) electrons. The summed E-state index contributed by atoms with van der Waals surface area (Å²) >= 11 is 0. The van der Waals surface area contributed by atoms with Gasteiger partial charge in [0.05, 0.1) is 5.69 Å². The van der Waals surface area contributed by atoms with E-state index >= 15 is 0 Å². The first-order valence-electron chi connectivity index (χ1n) is 7.07. The van der Waals surface area contributed by atoms with Gasteiger partial charge in [0.1, 0.15) is 5.69 Å². The molecule has 7 nitrogen and oxygen atoms in total. The van der Waals surface area contributed by atoms with Crippen molar-refractivity contribution >= 4 is 11.8 Å². The Morgan fingerprint density at radius 3 is 2.55 bits per heavy atom. The number of hydrogen-bond donors (Lipinski definition) is 3. The van der Waals surface area contributed by atoms with Gasteiger partial charge in [-0.2, -0.15) is 5.10 Å². The summed E-state index contributed by atoms with van der Waals surface area (Å²) in [6.07, 6.45) is 1.63. The number of benzene rings is 1. The maximum atomic E-state index is 12.1. The predicted molar refractivity (Wildman–Crippen MR) is 82.7 cm³/mol. The van der Waals surface area contributed by atoms with Gasteiger partial charge in [-0.15, -0.1) is 0 Å². The van der Waals surface area contributed by atoms with E-state index < -0.39 is 5.91 Å². The fraction of sp³-hybridized carbons (Fsp3) is 0.267. The molecular formula is C15H19N5O2. The van der Waals surface area contributed by atoms with Crippen LogP contribution in [0.2, 0.25) is 0 Å². The van der Waals surface area contributed by atoms with Crippen molar-refractivity contribution < 1.29 is 9.59 Å². The molecule has 2 aromatic rings. The van der Waals surface area contributed by atoms with Crippen LogP contribution in [0.1, 0.15) is 33.8 Å². The highest BCUT2D eigenvalue weighted by Crippen LogP contribution is 2.12. The molecule has 1 aromatic heterocycles. The van der Waals surface area contributed by atoms with Crippen molar-refractivity contribution in [3.8, 4) is 5.69 Å². The summed E-state index contributed by atoms with van der Waals surface area (Å²) in [6, 6.07) is 10.4. The van der Waals surface area contributed by atoms with E-state index in [1.165, 1.54) is 10.7 Å². The van der Waals surface area contributed by atoms with Crippen LogP contribution in [0.15, 0.2) is 36.4 Å². The highest BCUT2D eigenvalue weighted by molar-refractivity contribution is 5.97. The van der Waals surface area contributed by atoms with Gasteiger partial charge in [0, 0.05) is 12.6 Å². The SMILES string of the molecule is NCCCCNC(=O)c1cc(C(N)=O)n(-c2ccccc2)n1. The molecule has 2 rings (SSSR count). The molecule has 116 valence electrons. The number of amides is 2. The second-order valence-corrected chi connectivity index (χ2v) is 4.78. The topological polar surface area (TPSA) is 116 Å². The predicted octanol–water partition coefficient (Wildman–Crippen LogP) is 0.440. The number of aromatic nitrogens is 2. The summed E-state index contributed by atoms with van der Waals surface area (Å²) in [4.78, 5) is 23.6. The number of para-hydroxylation sites is 1. The number of nitrogens with zero attached hydrogens (tertiary/aromatic N) is 2. The third-order valence-corrected chi connectivity index (χ3v) is 3.11. The first kappa shape index (κ1) is 15.7. The average molecular weight is 301 g/mol. The van der Waals surface area contributed by atoms with Gasteiger partial charge < -0.3 is 16.8 Å². The van der Waals surface area contributed by atoms with E-state index in [1.54, 1.807) is 12.1 Å². The summed E-state index contributed by atoms with van der Waals surface area (Å²) < 4.78 is 1.37. The van der Waals surface area contributed by atoms with Gasteiger partial charge in [0.15, 0.2) is 5.69 Å². The maximum absolute atomic E-state index is 12.1. The average Bonchev–Trinajstić information content (AvgIpc) is 2.98. The Morgan fingerprint density at radius 1 is 1.18 bits per heavy atom. The molecule has 1 aromatic carbocycles. The molecule has 0 unspecified atom stereocenters. The van der Waals surface area contributed by atoms with Gasteiger partial charge in [-0.05, 0) is 31.5 Å². The minimum Gasteiger partial charge on any atom is -0.364 e. The molecule has 0 aliphatic heterocycles. The first-order valence-corrected chi connectivity index (χ1v) is 7.07. The Labute approximate surface area is 128 Å². The van der Waals surface area contributed by atoms with Crippen molar-refractivity contribution in [3.05, 3.63) is 47.8 Å². The molecule has 0 aliphatic carbocycles. The van der Waals surface area contributed by atoms with Crippen molar-refractivity contribution in [2.24, 2.45) is 11.5 Å². The molecule has 2 amide bonds. The third-order valence-electron chi connectivity index (χ3n) is 3.11. The van der Waals surface area contributed by atoms with Crippen LogP contribution in [0.25, 0.3) is 5.69 Å². The van der Waals surface area contributed by atoms with Gasteiger partial charge in [-0.1, -0.05) is 18.2 Å². The van der Waals surface area contributed by atoms with Gasteiger partial charge in [0.25, 0.3) is 11.8 Å². The molecular weight excluding hydrogens is 282 g/mol. The van der Waals surface area contributed by atoms with Crippen molar-refractivity contribution in [1.29, 1.82) is 0 Å². The molecule has 0 saturated carbocycles. The second-order valence-electron chi connectivity index (χ2n) is 4.78. The van der Waals surface area contributed by atoms with E-state index in [4.69, 9.17) is 11.5 Å². The number of nitrogens with two attached hydrogens (primary N) is 2. The lowest BCUT2D eigenvalue weighted by Crippen LogP contribution is -2.25. The summed E-state index contributed by atoms with van der Waals surface area (Å²) in [7, 11) is 0. The normalized spacial score (nSPS) is 10.4. The van der Waals surface area contributed by atoms with E-state index in [2.05, 4.69) is 10.4 Å². The van der Waals surface area contributed by atoms with Gasteiger partial charge >= 0.3 is 0 Å². The van der Waals surface area contributed by atoms with Crippen LogP contribution < -0.4 is 16.8 Å². The minimum atomic E-state index is -0.640. The Kier molecular flexibility index (Phi) is 5.26. The standard InChI is InChI=1S/C15H19N5O2/c16-8-4-5-9-18-15(22)12-10-13(14(17)21)20(19-12)11-6-2-1-3-7-11/h1-3,6-7,10H,4-5,8-9,16H2,(H2,17,21)(H,18,22). The number of hydrogen-bond acceptors (Lipinski definition) is 4. The Hall–Kier alpha value is -2.67. The first-order chi connectivity index (χ1) is 10.6. The maximum Gasteiger partial charge on any atom is 0.271 e. The lowest BCUT2D eigenvalue weighted by molar-refractivity contribution is 0.0946. The fourth-order valence-corrected chi connectivity index (χ4v) is 2.00. The zero-order valence-electron chi connectivity index (χ0n) is 12.2. The van der Waals surface area contributed by atoms with Crippen molar-refractivity contribution in [3.63, 3.8) is 0 Å². The van der Waals surface area contributed by atoms with Crippen LogP contribution in [0.5, 0.6) is 0 Å². The van der Waals surface area contributed by atoms with Crippen molar-refractivity contribution in [2.45, 2.75) is 12.8 Å². The quantitative estimate of drug-likeness (QED) is 0.643. The molecule has 1 heterocycles. The monoisotopic (exact) mass is 301 g/mol. The number of unbranched alkanes of at least 4 members (excludes halogenated alkanes) is 1. The van der Waals surface area contributed by atoms with Crippen molar-refractivity contribution in [1.82, 2.24) is 15.1 Å². The molecule has 0 aliphatic rings. The number of carbonyl (C=O) groups excluding carboxylic acids is 2. The largest absolute Gasteiger partial charge is 0.364 e. The summed E-state index contributed by atoms with van der Waals surface area (Å²) in [5.74, 6) is -0.979. The molecule has 5 N–H and O–H groups in total. The highest BCUT2D eigenvalue weighted by atomic mass is 16.2. The zero-order valence-corrected chi connectivity index (χ0v) is 12.2. The number of nitrogens with one attached hydrogen (secondary N) is 1. The van der Waals surface area contributed by atoms with Gasteiger partial charge in [-0.3, -0.25) is 9.59 Å². The number of carbonyl (C=O) groups is 2. The molecule has 22 heavy (non-hydrogen) atoms. The molecule has 0 saturated heterocycles. The number of rotatable bonds is 7. The zero-order chi connectivity index (χ0) is 15.9. The second kappa shape index (κ2) is 7.37. The molecule has 7 heteroatoms. The highest BCUT2D eigenvalue weighted by Gasteiger charge is 2.18. The molecule has 0 atom stereocenters. The molecule has 0 spiro atoms. The lowest BCUT2D eigenvalue weighted by atomic mass is 10.3. The van der Waals surface area contributed by atoms with Gasteiger partial charge in [0.2, 0.25) is 0 Å². The van der Waals surface area contributed by atoms with Crippen LogP contribution in [0.4, 0.5) is 0 Å². The summed E-state index contributed by atoms with van der Waals surface area (Å²) in [6.45, 7) is 1.10.